The van der Waals surface area contributed by atoms with Gasteiger partial charge in [-0.2, -0.15) is 0 Å². The number of carbonyl (C=O) groups excluding carboxylic acids is 2. The third kappa shape index (κ3) is 6.59. The van der Waals surface area contributed by atoms with Crippen LogP contribution in [0.3, 0.4) is 0 Å². The average molecular weight is 246 g/mol. The summed E-state index contributed by atoms with van der Waals surface area (Å²) in [5.74, 6) is 9.97. The lowest BCUT2D eigenvalue weighted by molar-refractivity contribution is 0.206. The second-order valence-corrected chi connectivity index (χ2v) is 5.14. The van der Waals surface area contributed by atoms with E-state index < -0.39 is 23.1 Å². The summed E-state index contributed by atoms with van der Waals surface area (Å²) in [4.78, 5) is 22.2. The average Bonchev–Trinajstić information content (AvgIpc) is 2.13. The van der Waals surface area contributed by atoms with Crippen LogP contribution in [0.2, 0.25) is 0 Å². The molecule has 0 saturated heterocycles. The van der Waals surface area contributed by atoms with E-state index in [1.165, 1.54) is 0 Å². The molecule has 0 radical (unpaired) electrons. The van der Waals surface area contributed by atoms with Gasteiger partial charge in [0.15, 0.2) is 0 Å². The predicted octanol–water partition coefficient (Wildman–Crippen LogP) is -0.720. The lowest BCUT2D eigenvalue weighted by atomic mass is 9.87. The molecule has 100 valence electrons. The highest BCUT2D eigenvalue weighted by Gasteiger charge is 2.31. The van der Waals surface area contributed by atoms with Crippen molar-refractivity contribution in [3.63, 3.8) is 0 Å². The van der Waals surface area contributed by atoms with Gasteiger partial charge in [-0.05, 0) is 34.1 Å². The zero-order valence-electron chi connectivity index (χ0n) is 10.7. The summed E-state index contributed by atoms with van der Waals surface area (Å²) >= 11 is 0. The molecule has 0 rings (SSSR count). The maximum Gasteiger partial charge on any atom is 0.329 e. The first-order valence-corrected chi connectivity index (χ1v) is 5.19. The fraction of sp³-hybridized carbons (Fsp3) is 0.778. The highest BCUT2D eigenvalue weighted by molar-refractivity contribution is 5.74. The summed E-state index contributed by atoms with van der Waals surface area (Å²) in [6.45, 7) is 7.30. The number of urea groups is 2. The highest BCUT2D eigenvalue weighted by atomic mass is 16.2. The number of nitrogens with two attached hydrogens (primary N) is 2. The Hall–Kier alpha value is -1.54. The number of amides is 4. The molecule has 17 heavy (non-hydrogen) atoms. The SMILES string of the molecule is CC(C)(CC(C)(C)NC(=O)NN)NC(=O)NN. The van der Waals surface area contributed by atoms with Gasteiger partial charge in [0, 0.05) is 11.1 Å². The monoisotopic (exact) mass is 246 g/mol. The lowest BCUT2D eigenvalue weighted by Crippen LogP contribution is -2.58. The van der Waals surface area contributed by atoms with Gasteiger partial charge in [0.2, 0.25) is 0 Å². The van der Waals surface area contributed by atoms with Crippen molar-refractivity contribution in [3.05, 3.63) is 0 Å². The lowest BCUT2D eigenvalue weighted by Gasteiger charge is -2.35. The molecule has 0 aromatic rings. The smallest absolute Gasteiger partial charge is 0.329 e. The molecule has 0 aliphatic heterocycles. The Bertz CT molecular complexity index is 261. The minimum absolute atomic E-state index is 0.478. The normalized spacial score (nSPS) is 11.6. The second-order valence-electron chi connectivity index (χ2n) is 5.14. The fourth-order valence-corrected chi connectivity index (χ4v) is 1.88. The molecule has 0 aromatic heterocycles. The van der Waals surface area contributed by atoms with Gasteiger partial charge in [-0.1, -0.05) is 0 Å². The highest BCUT2D eigenvalue weighted by Crippen LogP contribution is 2.19. The molecule has 0 aromatic carbocycles. The van der Waals surface area contributed by atoms with Crippen LogP contribution in [0.25, 0.3) is 0 Å². The predicted molar refractivity (Wildman–Crippen MR) is 64.5 cm³/mol. The Morgan fingerprint density at radius 1 is 0.882 bits per heavy atom. The second kappa shape index (κ2) is 5.69. The van der Waals surface area contributed by atoms with E-state index in [0.29, 0.717) is 6.42 Å². The molecule has 0 spiro atoms. The Labute approximate surface area is 101 Å². The van der Waals surface area contributed by atoms with Crippen LogP contribution >= 0.6 is 0 Å². The van der Waals surface area contributed by atoms with Crippen molar-refractivity contribution in [3.8, 4) is 0 Å². The van der Waals surface area contributed by atoms with Gasteiger partial charge in [-0.15, -0.1) is 0 Å². The molecule has 8 heteroatoms. The Morgan fingerprint density at radius 3 is 1.41 bits per heavy atom. The summed E-state index contributed by atoms with van der Waals surface area (Å²) < 4.78 is 0. The van der Waals surface area contributed by atoms with E-state index >= 15 is 0 Å². The van der Waals surface area contributed by atoms with Crippen LogP contribution in [-0.4, -0.2) is 23.1 Å². The van der Waals surface area contributed by atoms with Gasteiger partial charge < -0.3 is 10.6 Å². The maximum atomic E-state index is 11.1. The molecular weight excluding hydrogens is 224 g/mol. The zero-order valence-corrected chi connectivity index (χ0v) is 10.7. The number of hydrogen-bond donors (Lipinski definition) is 6. The third-order valence-electron chi connectivity index (χ3n) is 2.05. The fourth-order valence-electron chi connectivity index (χ4n) is 1.88. The summed E-state index contributed by atoms with van der Waals surface area (Å²) in [5.41, 5.74) is 2.91. The molecule has 0 aliphatic rings. The topological polar surface area (TPSA) is 134 Å². The summed E-state index contributed by atoms with van der Waals surface area (Å²) in [7, 11) is 0. The van der Waals surface area contributed by atoms with E-state index in [1.54, 1.807) is 0 Å². The molecule has 4 amide bonds. The van der Waals surface area contributed by atoms with E-state index in [2.05, 4.69) is 10.6 Å². The van der Waals surface area contributed by atoms with E-state index in [9.17, 15) is 9.59 Å². The van der Waals surface area contributed by atoms with Crippen molar-refractivity contribution in [1.82, 2.24) is 21.5 Å². The third-order valence-corrected chi connectivity index (χ3v) is 2.05. The standard InChI is InChI=1S/C9H22N6O2/c1-8(2,12-6(16)14-10)5-9(3,4)13-7(17)15-11/h5,10-11H2,1-4H3,(H2,12,14,16)(H2,13,15,17). The van der Waals surface area contributed by atoms with Crippen molar-refractivity contribution < 1.29 is 9.59 Å². The molecule has 0 atom stereocenters. The molecular formula is C9H22N6O2. The Balaban J connectivity index is 4.46. The van der Waals surface area contributed by atoms with Crippen LogP contribution in [0.15, 0.2) is 0 Å². The molecule has 0 heterocycles. The first-order chi connectivity index (χ1) is 7.62. The van der Waals surface area contributed by atoms with Gasteiger partial charge >= 0.3 is 12.1 Å². The van der Waals surface area contributed by atoms with Crippen molar-refractivity contribution >= 4 is 12.1 Å². The van der Waals surface area contributed by atoms with Crippen LogP contribution in [0, 0.1) is 0 Å². The maximum absolute atomic E-state index is 11.1. The number of hydrazine groups is 2. The molecule has 8 nitrogen and oxygen atoms in total. The zero-order chi connectivity index (χ0) is 13.7. The molecule has 8 N–H and O–H groups in total. The van der Waals surface area contributed by atoms with E-state index in [0.717, 1.165) is 0 Å². The molecule has 0 saturated carbocycles. The van der Waals surface area contributed by atoms with Crippen molar-refractivity contribution in [2.75, 3.05) is 0 Å². The Kier molecular flexibility index (Phi) is 5.17. The minimum Gasteiger partial charge on any atom is -0.332 e. The van der Waals surface area contributed by atoms with Crippen LogP contribution in [0.1, 0.15) is 34.1 Å². The van der Waals surface area contributed by atoms with E-state index in [1.807, 2.05) is 38.5 Å². The van der Waals surface area contributed by atoms with E-state index in [-0.39, 0.29) is 0 Å². The minimum atomic E-state index is -0.533. The van der Waals surface area contributed by atoms with Crippen LogP contribution < -0.4 is 33.2 Å². The Morgan fingerprint density at radius 2 is 1.18 bits per heavy atom. The van der Waals surface area contributed by atoms with Crippen molar-refractivity contribution in [2.45, 2.75) is 45.2 Å². The van der Waals surface area contributed by atoms with Crippen LogP contribution in [0.5, 0.6) is 0 Å². The van der Waals surface area contributed by atoms with Gasteiger partial charge in [0.25, 0.3) is 0 Å². The number of rotatable bonds is 4. The van der Waals surface area contributed by atoms with Gasteiger partial charge in [-0.3, -0.25) is 10.9 Å². The molecule has 0 unspecified atom stereocenters. The quantitative estimate of drug-likeness (QED) is 0.222. The first kappa shape index (κ1) is 15.5. The van der Waals surface area contributed by atoms with Crippen LogP contribution in [-0.2, 0) is 0 Å². The van der Waals surface area contributed by atoms with Gasteiger partial charge in [0.05, 0.1) is 0 Å². The number of hydrogen-bond acceptors (Lipinski definition) is 4. The molecule has 0 bridgehead atoms. The summed E-state index contributed by atoms with van der Waals surface area (Å²) in [6, 6.07) is -0.955. The van der Waals surface area contributed by atoms with E-state index in [4.69, 9.17) is 11.7 Å². The van der Waals surface area contributed by atoms with Crippen molar-refractivity contribution in [2.24, 2.45) is 11.7 Å². The number of nitrogens with one attached hydrogen (secondary N) is 4. The van der Waals surface area contributed by atoms with Crippen LogP contribution in [0.4, 0.5) is 9.59 Å². The number of carbonyl (C=O) groups is 2. The molecule has 0 aliphatic carbocycles. The molecule has 0 fully saturated rings. The van der Waals surface area contributed by atoms with Crippen molar-refractivity contribution in [1.29, 1.82) is 0 Å². The summed E-state index contributed by atoms with van der Waals surface area (Å²) in [6.07, 6.45) is 0.501. The summed E-state index contributed by atoms with van der Waals surface area (Å²) in [5, 5.41) is 5.35. The largest absolute Gasteiger partial charge is 0.332 e. The first-order valence-electron chi connectivity index (χ1n) is 5.19. The van der Waals surface area contributed by atoms with Gasteiger partial charge in [-0.25, -0.2) is 21.3 Å². The van der Waals surface area contributed by atoms with Gasteiger partial charge in [0.1, 0.15) is 0 Å².